The first kappa shape index (κ1) is 13.8. The quantitative estimate of drug-likeness (QED) is 0.879. The van der Waals surface area contributed by atoms with Crippen molar-refractivity contribution in [1.29, 1.82) is 0 Å². The lowest BCUT2D eigenvalue weighted by Crippen LogP contribution is -2.11. The second-order valence-electron chi connectivity index (χ2n) is 4.56. The molecule has 0 atom stereocenters. The molecule has 0 saturated heterocycles. The fourth-order valence-electron chi connectivity index (χ4n) is 1.83. The normalized spacial score (nSPS) is 10.6. The van der Waals surface area contributed by atoms with E-state index in [1.807, 2.05) is 23.5 Å². The smallest absolute Gasteiger partial charge is 0.335 e. The lowest BCUT2D eigenvalue weighted by Gasteiger charge is -2.04. The van der Waals surface area contributed by atoms with E-state index in [-0.39, 0.29) is 0 Å². The van der Waals surface area contributed by atoms with E-state index in [9.17, 15) is 4.79 Å². The molecule has 0 saturated carbocycles. The summed E-state index contributed by atoms with van der Waals surface area (Å²) in [6, 6.07) is 9.18. The standard InChI is InChI=1S/C15H17NO2S/c1-10-7-14(19-11(10)2)9-16-8-12-3-5-13(6-4-12)15(17)18/h3-7,16H,8-9H2,1-2H3,(H,17,18). The van der Waals surface area contributed by atoms with Gasteiger partial charge in [0.2, 0.25) is 0 Å². The topological polar surface area (TPSA) is 49.3 Å². The van der Waals surface area contributed by atoms with E-state index in [0.717, 1.165) is 18.7 Å². The second-order valence-corrected chi connectivity index (χ2v) is 5.90. The van der Waals surface area contributed by atoms with E-state index in [1.165, 1.54) is 15.3 Å². The van der Waals surface area contributed by atoms with Crippen LogP contribution in [-0.4, -0.2) is 11.1 Å². The lowest BCUT2D eigenvalue weighted by molar-refractivity contribution is 0.0697. The maximum Gasteiger partial charge on any atom is 0.335 e. The Balaban J connectivity index is 1.87. The minimum absolute atomic E-state index is 0.327. The number of aryl methyl sites for hydroxylation is 2. The van der Waals surface area contributed by atoms with Crippen LogP contribution in [0.15, 0.2) is 30.3 Å². The van der Waals surface area contributed by atoms with Crippen LogP contribution in [0.4, 0.5) is 0 Å². The van der Waals surface area contributed by atoms with E-state index in [1.54, 1.807) is 12.1 Å². The molecule has 3 nitrogen and oxygen atoms in total. The summed E-state index contributed by atoms with van der Waals surface area (Å²) in [5.74, 6) is -0.885. The van der Waals surface area contributed by atoms with Gasteiger partial charge in [-0.25, -0.2) is 4.79 Å². The molecule has 4 heteroatoms. The summed E-state index contributed by atoms with van der Waals surface area (Å²) < 4.78 is 0. The number of carboxylic acid groups (broad SMARTS) is 1. The SMILES string of the molecule is Cc1cc(CNCc2ccc(C(=O)O)cc2)sc1C. The first-order chi connectivity index (χ1) is 9.06. The largest absolute Gasteiger partial charge is 0.478 e. The van der Waals surface area contributed by atoms with E-state index >= 15 is 0 Å². The van der Waals surface area contributed by atoms with Crippen molar-refractivity contribution >= 4 is 17.3 Å². The van der Waals surface area contributed by atoms with Crippen molar-refractivity contribution in [3.8, 4) is 0 Å². The van der Waals surface area contributed by atoms with Crippen LogP contribution in [0, 0.1) is 13.8 Å². The maximum atomic E-state index is 10.7. The zero-order valence-electron chi connectivity index (χ0n) is 11.1. The molecule has 0 radical (unpaired) electrons. The van der Waals surface area contributed by atoms with Gasteiger partial charge < -0.3 is 10.4 Å². The molecule has 2 rings (SSSR count). The van der Waals surface area contributed by atoms with Gasteiger partial charge in [0, 0.05) is 22.8 Å². The molecule has 19 heavy (non-hydrogen) atoms. The van der Waals surface area contributed by atoms with Gasteiger partial charge in [-0.1, -0.05) is 12.1 Å². The van der Waals surface area contributed by atoms with Gasteiger partial charge in [0.05, 0.1) is 5.56 Å². The zero-order chi connectivity index (χ0) is 13.8. The first-order valence-electron chi connectivity index (χ1n) is 6.15. The Hall–Kier alpha value is -1.65. The molecule has 0 fully saturated rings. The highest BCUT2D eigenvalue weighted by Crippen LogP contribution is 2.20. The van der Waals surface area contributed by atoms with Crippen molar-refractivity contribution in [3.63, 3.8) is 0 Å². The number of carboxylic acids is 1. The van der Waals surface area contributed by atoms with E-state index in [4.69, 9.17) is 5.11 Å². The van der Waals surface area contributed by atoms with Gasteiger partial charge in [0.15, 0.2) is 0 Å². The van der Waals surface area contributed by atoms with Gasteiger partial charge in [-0.15, -0.1) is 11.3 Å². The van der Waals surface area contributed by atoms with Crippen LogP contribution in [0.5, 0.6) is 0 Å². The number of hydrogen-bond acceptors (Lipinski definition) is 3. The summed E-state index contributed by atoms with van der Waals surface area (Å²) in [6.45, 7) is 5.85. The molecule has 0 aliphatic carbocycles. The Bertz CT molecular complexity index is 553. The molecular weight excluding hydrogens is 258 g/mol. The zero-order valence-corrected chi connectivity index (χ0v) is 11.9. The highest BCUT2D eigenvalue weighted by atomic mass is 32.1. The summed E-state index contributed by atoms with van der Waals surface area (Å²) >= 11 is 1.82. The van der Waals surface area contributed by atoms with Crippen molar-refractivity contribution in [1.82, 2.24) is 5.32 Å². The number of rotatable bonds is 5. The molecule has 0 aliphatic rings. The number of thiophene rings is 1. The fourth-order valence-corrected chi connectivity index (χ4v) is 2.86. The molecule has 1 aromatic heterocycles. The molecule has 0 bridgehead atoms. The van der Waals surface area contributed by atoms with Gasteiger partial charge in [0.25, 0.3) is 0 Å². The van der Waals surface area contributed by atoms with Crippen LogP contribution in [0.2, 0.25) is 0 Å². The average molecular weight is 275 g/mol. The Kier molecular flexibility index (Phi) is 4.35. The summed E-state index contributed by atoms with van der Waals surface area (Å²) in [5.41, 5.74) is 2.76. The third-order valence-corrected chi connectivity index (χ3v) is 4.20. The van der Waals surface area contributed by atoms with Crippen LogP contribution < -0.4 is 5.32 Å². The minimum Gasteiger partial charge on any atom is -0.478 e. The fraction of sp³-hybridized carbons (Fsp3) is 0.267. The van der Waals surface area contributed by atoms with Gasteiger partial charge in [-0.3, -0.25) is 0 Å². The maximum absolute atomic E-state index is 10.7. The Morgan fingerprint density at radius 2 is 1.89 bits per heavy atom. The van der Waals surface area contributed by atoms with E-state index < -0.39 is 5.97 Å². The molecular formula is C15H17NO2S. The molecule has 1 heterocycles. The van der Waals surface area contributed by atoms with Crippen molar-refractivity contribution in [3.05, 3.63) is 56.8 Å². The molecule has 0 aliphatic heterocycles. The van der Waals surface area contributed by atoms with Gasteiger partial charge >= 0.3 is 5.97 Å². The Labute approximate surface area is 116 Å². The number of hydrogen-bond donors (Lipinski definition) is 2. The molecule has 100 valence electrons. The van der Waals surface area contributed by atoms with Crippen molar-refractivity contribution in [2.24, 2.45) is 0 Å². The number of carbonyl (C=O) groups is 1. The van der Waals surface area contributed by atoms with Gasteiger partial charge in [-0.05, 0) is 43.2 Å². The van der Waals surface area contributed by atoms with Gasteiger partial charge in [-0.2, -0.15) is 0 Å². The van der Waals surface area contributed by atoms with Crippen LogP contribution in [0.3, 0.4) is 0 Å². The Morgan fingerprint density at radius 3 is 2.42 bits per heavy atom. The highest BCUT2D eigenvalue weighted by Gasteiger charge is 2.03. The van der Waals surface area contributed by atoms with Crippen LogP contribution in [-0.2, 0) is 13.1 Å². The lowest BCUT2D eigenvalue weighted by atomic mass is 10.1. The van der Waals surface area contributed by atoms with E-state index in [2.05, 4.69) is 25.2 Å². The minimum atomic E-state index is -0.885. The average Bonchev–Trinajstić information content (AvgIpc) is 2.69. The molecule has 2 aromatic rings. The summed E-state index contributed by atoms with van der Waals surface area (Å²) in [7, 11) is 0. The first-order valence-corrected chi connectivity index (χ1v) is 6.97. The van der Waals surface area contributed by atoms with Crippen molar-refractivity contribution < 1.29 is 9.90 Å². The predicted octanol–water partition coefficient (Wildman–Crippen LogP) is 3.35. The van der Waals surface area contributed by atoms with Gasteiger partial charge in [0.1, 0.15) is 0 Å². The third kappa shape index (κ3) is 3.66. The second kappa shape index (κ2) is 5.99. The number of nitrogens with one attached hydrogen (secondary N) is 1. The molecule has 0 spiro atoms. The predicted molar refractivity (Wildman–Crippen MR) is 77.7 cm³/mol. The van der Waals surface area contributed by atoms with Crippen LogP contribution in [0.25, 0.3) is 0 Å². The molecule has 0 amide bonds. The third-order valence-electron chi connectivity index (χ3n) is 3.05. The highest BCUT2D eigenvalue weighted by molar-refractivity contribution is 7.12. The monoisotopic (exact) mass is 275 g/mol. The summed E-state index contributed by atoms with van der Waals surface area (Å²) in [4.78, 5) is 13.4. The van der Waals surface area contributed by atoms with Crippen LogP contribution >= 0.6 is 11.3 Å². The van der Waals surface area contributed by atoms with Crippen molar-refractivity contribution in [2.45, 2.75) is 26.9 Å². The number of benzene rings is 1. The molecule has 0 unspecified atom stereocenters. The van der Waals surface area contributed by atoms with E-state index in [0.29, 0.717) is 5.56 Å². The Morgan fingerprint density at radius 1 is 1.21 bits per heavy atom. The summed E-state index contributed by atoms with van der Waals surface area (Å²) in [6.07, 6.45) is 0. The molecule has 2 N–H and O–H groups in total. The summed E-state index contributed by atoms with van der Waals surface area (Å²) in [5, 5.41) is 12.2. The van der Waals surface area contributed by atoms with Crippen LogP contribution in [0.1, 0.15) is 31.2 Å². The van der Waals surface area contributed by atoms with Crippen molar-refractivity contribution in [2.75, 3.05) is 0 Å². The molecule has 1 aromatic carbocycles. The number of aromatic carboxylic acids is 1.